The van der Waals surface area contributed by atoms with Gasteiger partial charge in [-0.2, -0.15) is 0 Å². The molecular weight excluding hydrogens is 263 g/mol. The van der Waals surface area contributed by atoms with Crippen LogP contribution in [0.5, 0.6) is 0 Å². The van der Waals surface area contributed by atoms with Crippen LogP contribution in [0.1, 0.15) is 33.9 Å². The molecule has 0 fully saturated rings. The van der Waals surface area contributed by atoms with Crippen LogP contribution in [0.3, 0.4) is 0 Å². The minimum Gasteiger partial charge on any atom is -0.384 e. The number of aliphatic hydroxyl groups excluding tert-OH is 1. The lowest BCUT2D eigenvalue weighted by Crippen LogP contribution is -2.03. The lowest BCUT2D eigenvalue weighted by molar-refractivity contribution is 0.219. The predicted octanol–water partition coefficient (Wildman–Crippen LogP) is 4.49. The summed E-state index contributed by atoms with van der Waals surface area (Å²) in [5, 5.41) is 10.9. The normalized spacial score (nSPS) is 12.5. The number of hydrogen-bond donors (Lipinski definition) is 1. The van der Waals surface area contributed by atoms with E-state index in [9.17, 15) is 9.50 Å². The molecule has 2 rings (SSSR count). The van der Waals surface area contributed by atoms with Crippen LogP contribution in [0.2, 0.25) is 5.02 Å². The molecule has 1 N–H and O–H groups in total. The maximum absolute atomic E-state index is 13.4. The van der Waals surface area contributed by atoms with Gasteiger partial charge in [0.1, 0.15) is 11.9 Å². The molecule has 100 valence electrons. The summed E-state index contributed by atoms with van der Waals surface area (Å²) in [6, 6.07) is 8.20. The second-order valence-electron chi connectivity index (χ2n) is 4.92. The molecule has 0 aliphatic rings. The van der Waals surface area contributed by atoms with Gasteiger partial charge in [0.2, 0.25) is 0 Å². The van der Waals surface area contributed by atoms with Crippen molar-refractivity contribution in [2.24, 2.45) is 0 Å². The quantitative estimate of drug-likeness (QED) is 0.858. The summed E-state index contributed by atoms with van der Waals surface area (Å²) in [6.45, 7) is 5.71. The van der Waals surface area contributed by atoms with E-state index in [1.54, 1.807) is 13.0 Å². The summed E-state index contributed by atoms with van der Waals surface area (Å²) < 4.78 is 13.4. The second kappa shape index (κ2) is 5.32. The Balaban J connectivity index is 2.49. The van der Waals surface area contributed by atoms with Crippen molar-refractivity contribution in [3.8, 4) is 0 Å². The highest BCUT2D eigenvalue weighted by Gasteiger charge is 2.16. The first kappa shape index (κ1) is 14.0. The third kappa shape index (κ3) is 2.96. The number of hydrogen-bond acceptors (Lipinski definition) is 1. The standard InChI is InChI=1S/C16H16ClFO/c1-9-4-12(8-13(18)5-9)16(19)14-6-10(2)11(3)7-15(14)17/h4-8,16,19H,1-3H3. The van der Waals surface area contributed by atoms with E-state index in [4.69, 9.17) is 11.6 Å². The molecule has 0 saturated heterocycles. The zero-order valence-corrected chi connectivity index (χ0v) is 11.9. The molecule has 0 amide bonds. The van der Waals surface area contributed by atoms with Crippen LogP contribution in [0.4, 0.5) is 4.39 Å². The second-order valence-corrected chi connectivity index (χ2v) is 5.33. The summed E-state index contributed by atoms with van der Waals surface area (Å²) in [5.74, 6) is -0.353. The largest absolute Gasteiger partial charge is 0.384 e. The first-order valence-corrected chi connectivity index (χ1v) is 6.48. The van der Waals surface area contributed by atoms with E-state index in [2.05, 4.69) is 0 Å². The van der Waals surface area contributed by atoms with Gasteiger partial charge >= 0.3 is 0 Å². The van der Waals surface area contributed by atoms with E-state index in [0.717, 1.165) is 16.7 Å². The van der Waals surface area contributed by atoms with Gasteiger partial charge in [-0.1, -0.05) is 23.7 Å². The zero-order valence-electron chi connectivity index (χ0n) is 11.2. The molecule has 0 aromatic heterocycles. The van der Waals surface area contributed by atoms with Crippen LogP contribution in [0.15, 0.2) is 30.3 Å². The number of halogens is 2. The molecule has 1 nitrogen and oxygen atoms in total. The van der Waals surface area contributed by atoms with E-state index in [1.165, 1.54) is 12.1 Å². The smallest absolute Gasteiger partial charge is 0.123 e. The molecule has 3 heteroatoms. The maximum Gasteiger partial charge on any atom is 0.123 e. The van der Waals surface area contributed by atoms with Crippen molar-refractivity contribution in [3.05, 3.63) is 69.0 Å². The Bertz CT molecular complexity index is 602. The van der Waals surface area contributed by atoms with E-state index in [0.29, 0.717) is 16.1 Å². The lowest BCUT2D eigenvalue weighted by atomic mass is 9.96. The SMILES string of the molecule is Cc1cc(F)cc(C(O)c2cc(C)c(C)cc2Cl)c1. The van der Waals surface area contributed by atoms with E-state index in [-0.39, 0.29) is 5.82 Å². The average Bonchev–Trinajstić information content (AvgIpc) is 2.31. The Labute approximate surface area is 117 Å². The number of aryl methyl sites for hydroxylation is 3. The fourth-order valence-electron chi connectivity index (χ4n) is 2.11. The first-order chi connectivity index (χ1) is 8.88. The fraction of sp³-hybridized carbons (Fsp3) is 0.250. The van der Waals surface area contributed by atoms with Gasteiger partial charge in [0.15, 0.2) is 0 Å². The molecule has 0 spiro atoms. The van der Waals surface area contributed by atoms with Crippen molar-refractivity contribution in [3.63, 3.8) is 0 Å². The van der Waals surface area contributed by atoms with Crippen molar-refractivity contribution >= 4 is 11.6 Å². The Kier molecular flexibility index (Phi) is 3.93. The molecule has 1 atom stereocenters. The molecule has 0 saturated carbocycles. The summed E-state index contributed by atoms with van der Waals surface area (Å²) in [7, 11) is 0. The van der Waals surface area contributed by atoms with Crippen LogP contribution < -0.4 is 0 Å². The van der Waals surface area contributed by atoms with Gasteiger partial charge in [-0.05, 0) is 61.2 Å². The summed E-state index contributed by atoms with van der Waals surface area (Å²) in [4.78, 5) is 0. The Morgan fingerprint density at radius 3 is 2.26 bits per heavy atom. The van der Waals surface area contributed by atoms with Gasteiger partial charge < -0.3 is 5.11 Å². The minimum absolute atomic E-state index is 0.353. The minimum atomic E-state index is -0.916. The highest BCUT2D eigenvalue weighted by atomic mass is 35.5. The summed E-state index contributed by atoms with van der Waals surface area (Å²) >= 11 is 6.17. The molecular formula is C16H16ClFO. The van der Waals surface area contributed by atoms with Gasteiger partial charge in [-0.3, -0.25) is 0 Å². The average molecular weight is 279 g/mol. The first-order valence-electron chi connectivity index (χ1n) is 6.10. The van der Waals surface area contributed by atoms with Gasteiger partial charge in [0, 0.05) is 10.6 Å². The molecule has 2 aromatic carbocycles. The molecule has 0 aliphatic heterocycles. The van der Waals surface area contributed by atoms with Crippen molar-refractivity contribution in [2.45, 2.75) is 26.9 Å². The molecule has 2 aromatic rings. The maximum atomic E-state index is 13.4. The zero-order chi connectivity index (χ0) is 14.2. The van der Waals surface area contributed by atoms with Crippen molar-refractivity contribution < 1.29 is 9.50 Å². The van der Waals surface area contributed by atoms with Crippen LogP contribution in [-0.2, 0) is 0 Å². The molecule has 1 unspecified atom stereocenters. The highest BCUT2D eigenvalue weighted by molar-refractivity contribution is 6.31. The monoisotopic (exact) mass is 278 g/mol. The van der Waals surface area contributed by atoms with Gasteiger partial charge in [0.05, 0.1) is 0 Å². The summed E-state index contributed by atoms with van der Waals surface area (Å²) in [6.07, 6.45) is -0.916. The Morgan fingerprint density at radius 1 is 1.00 bits per heavy atom. The highest BCUT2D eigenvalue weighted by Crippen LogP contribution is 2.31. The van der Waals surface area contributed by atoms with Gasteiger partial charge in [-0.15, -0.1) is 0 Å². The van der Waals surface area contributed by atoms with Crippen LogP contribution in [-0.4, -0.2) is 5.11 Å². The molecule has 0 aliphatic carbocycles. The topological polar surface area (TPSA) is 20.2 Å². The van der Waals surface area contributed by atoms with Gasteiger partial charge in [-0.25, -0.2) is 4.39 Å². The van der Waals surface area contributed by atoms with Crippen molar-refractivity contribution in [2.75, 3.05) is 0 Å². The number of benzene rings is 2. The predicted molar refractivity (Wildman–Crippen MR) is 76.1 cm³/mol. The molecule has 19 heavy (non-hydrogen) atoms. The van der Waals surface area contributed by atoms with Crippen molar-refractivity contribution in [1.29, 1.82) is 0 Å². The van der Waals surface area contributed by atoms with Crippen LogP contribution >= 0.6 is 11.6 Å². The Hall–Kier alpha value is -1.38. The molecule has 0 heterocycles. The van der Waals surface area contributed by atoms with Gasteiger partial charge in [0.25, 0.3) is 0 Å². The van der Waals surface area contributed by atoms with E-state index >= 15 is 0 Å². The number of aliphatic hydroxyl groups is 1. The van der Waals surface area contributed by atoms with Crippen molar-refractivity contribution in [1.82, 2.24) is 0 Å². The lowest BCUT2D eigenvalue weighted by Gasteiger charge is -2.16. The van der Waals surface area contributed by atoms with E-state index < -0.39 is 6.10 Å². The molecule has 0 radical (unpaired) electrons. The van der Waals surface area contributed by atoms with E-state index in [1.807, 2.05) is 26.0 Å². The van der Waals surface area contributed by atoms with Crippen LogP contribution in [0, 0.1) is 26.6 Å². The molecule has 0 bridgehead atoms. The Morgan fingerprint density at radius 2 is 1.63 bits per heavy atom. The third-order valence-electron chi connectivity index (χ3n) is 3.29. The number of rotatable bonds is 2. The summed E-state index contributed by atoms with van der Waals surface area (Å²) in [5.41, 5.74) is 4.01. The third-order valence-corrected chi connectivity index (χ3v) is 3.62. The fourth-order valence-corrected chi connectivity index (χ4v) is 2.44. The van der Waals surface area contributed by atoms with Crippen LogP contribution in [0.25, 0.3) is 0 Å².